The number of aromatic nitrogens is 6. The van der Waals surface area contributed by atoms with Gasteiger partial charge in [-0.25, -0.2) is 46.4 Å². The normalized spacial score (nSPS) is 13.3. The highest BCUT2D eigenvalue weighted by atomic mass is 35.5. The van der Waals surface area contributed by atoms with Crippen LogP contribution in [0.15, 0.2) is 237 Å². The maximum absolute atomic E-state index is 15.0. The molecule has 12 aromatic rings. The summed E-state index contributed by atoms with van der Waals surface area (Å²) in [4.78, 5) is 77.7. The summed E-state index contributed by atoms with van der Waals surface area (Å²) in [6.45, 7) is 33.7. The number of rotatable bonds is 31. The Morgan fingerprint density at radius 3 is 1.06 bits per heavy atom. The van der Waals surface area contributed by atoms with Gasteiger partial charge < -0.3 is 76.9 Å². The van der Waals surface area contributed by atoms with Gasteiger partial charge in [-0.2, -0.15) is 15.3 Å². The van der Waals surface area contributed by atoms with E-state index < -0.39 is 70.4 Å². The number of benzene rings is 9. The van der Waals surface area contributed by atoms with Crippen molar-refractivity contribution in [3.63, 3.8) is 0 Å². The molecule has 3 saturated carbocycles. The van der Waals surface area contributed by atoms with Gasteiger partial charge in [0.05, 0.1) is 77.6 Å². The van der Waals surface area contributed by atoms with Crippen LogP contribution in [0.4, 0.5) is 50.3 Å². The molecule has 3 unspecified atom stereocenters. The van der Waals surface area contributed by atoms with Crippen molar-refractivity contribution in [2.45, 2.75) is 170 Å². The fourth-order valence-corrected chi connectivity index (χ4v) is 13.9. The maximum atomic E-state index is 15.0. The Morgan fingerprint density at radius 2 is 0.739 bits per heavy atom. The van der Waals surface area contributed by atoms with Crippen LogP contribution in [0.2, 0.25) is 0 Å². The molecule has 3 heterocycles. The number of anilines is 3. The highest BCUT2D eigenvalue weighted by Gasteiger charge is 2.32. The quantitative estimate of drug-likeness (QED) is 0.00658. The van der Waals surface area contributed by atoms with Crippen molar-refractivity contribution in [2.24, 2.45) is 35.0 Å². The van der Waals surface area contributed by atoms with E-state index in [1.165, 1.54) is 40.4 Å². The first-order valence-electron chi connectivity index (χ1n) is 45.6. The van der Waals surface area contributed by atoms with Crippen LogP contribution >= 0.6 is 12.4 Å². The molecule has 15 rings (SSSR count). The first-order chi connectivity index (χ1) is 65.5. The third-order valence-electron chi connectivity index (χ3n) is 20.9. The highest BCUT2D eigenvalue weighted by molar-refractivity contribution is 6.05. The monoisotopic (exact) mass is 1910 g/mol. The Bertz CT molecular complexity index is 6070. The van der Waals surface area contributed by atoms with Crippen LogP contribution in [0, 0.1) is 62.5 Å². The fourth-order valence-electron chi connectivity index (χ4n) is 13.9. The molecule has 11 N–H and O–H groups in total. The van der Waals surface area contributed by atoms with Gasteiger partial charge in [0.15, 0.2) is 5.69 Å². The van der Waals surface area contributed by atoms with Gasteiger partial charge in [-0.3, -0.25) is 14.4 Å². The molecule has 32 heteroatoms. The third kappa shape index (κ3) is 33.6. The summed E-state index contributed by atoms with van der Waals surface area (Å²) in [5, 5.41) is 27.4. The van der Waals surface area contributed by atoms with E-state index in [1.807, 2.05) is 146 Å². The molecule has 3 fully saturated rings. The molecule has 4 amide bonds. The molecule has 728 valence electrons. The van der Waals surface area contributed by atoms with E-state index in [1.54, 1.807) is 160 Å². The van der Waals surface area contributed by atoms with Crippen LogP contribution in [0.1, 0.15) is 212 Å². The van der Waals surface area contributed by atoms with Crippen molar-refractivity contribution in [1.82, 2.24) is 40.0 Å². The summed E-state index contributed by atoms with van der Waals surface area (Å²) in [7, 11) is 0. The summed E-state index contributed by atoms with van der Waals surface area (Å²) in [5.74, 6) is -1.38. The van der Waals surface area contributed by atoms with Crippen molar-refractivity contribution in [3.05, 3.63) is 344 Å². The van der Waals surface area contributed by atoms with E-state index in [2.05, 4.69) is 51.5 Å². The van der Waals surface area contributed by atoms with E-state index in [4.69, 9.17) is 52.2 Å². The second kappa shape index (κ2) is 50.4. The maximum Gasteiger partial charge on any atom is 0.519 e. The largest absolute Gasteiger partial charge is 0.519 e. The van der Waals surface area contributed by atoms with Crippen molar-refractivity contribution in [2.75, 3.05) is 62.0 Å². The Morgan fingerprint density at radius 1 is 0.413 bits per heavy atom. The van der Waals surface area contributed by atoms with Crippen molar-refractivity contribution < 1.29 is 75.1 Å². The zero-order valence-electron chi connectivity index (χ0n) is 79.8. The predicted molar refractivity (Wildman–Crippen MR) is 528 cm³/mol. The van der Waals surface area contributed by atoms with E-state index in [-0.39, 0.29) is 65.7 Å². The number of carbonyl (C=O) groups excluding carboxylic acids is 6. The lowest BCUT2D eigenvalue weighted by Crippen LogP contribution is -2.32. The number of hydrogen-bond acceptors (Lipinski definition) is 20. The minimum Gasteiger partial charge on any atom is -0.444 e. The molecule has 3 atom stereocenters. The van der Waals surface area contributed by atoms with Gasteiger partial charge >= 0.3 is 18.4 Å². The average Bonchev–Trinajstić information content (AvgIpc) is 1.62. The number of alkyl carbamates (subject to hydrolysis) is 1. The second-order valence-corrected chi connectivity index (χ2v) is 36.4. The number of ether oxygens (including phenoxy) is 7. The third-order valence-corrected chi connectivity index (χ3v) is 20.9. The van der Waals surface area contributed by atoms with E-state index in [0.29, 0.717) is 103 Å². The molecule has 0 bridgehead atoms. The number of halogens is 4. The summed E-state index contributed by atoms with van der Waals surface area (Å²) in [5.41, 5.74) is 26.3. The van der Waals surface area contributed by atoms with Gasteiger partial charge in [-0.05, 0) is 275 Å². The van der Waals surface area contributed by atoms with Gasteiger partial charge in [-0.1, -0.05) is 146 Å². The molecule has 138 heavy (non-hydrogen) atoms. The number of hydrogen-bond donors (Lipinski definition) is 8. The smallest absolute Gasteiger partial charge is 0.444 e. The molecule has 28 nitrogen and oxygen atoms in total. The molecular weight excluding hydrogens is 1780 g/mol. The molecule has 9 aromatic carbocycles. The number of nitrogens with one attached hydrogen (secondary N) is 5. The first-order valence-corrected chi connectivity index (χ1v) is 45.6. The van der Waals surface area contributed by atoms with E-state index in [0.717, 1.165) is 83.3 Å². The lowest BCUT2D eigenvalue weighted by atomic mass is 10.0. The molecule has 0 saturated heterocycles. The molecule has 0 radical (unpaired) electrons. The van der Waals surface area contributed by atoms with Gasteiger partial charge in [0.1, 0.15) is 69.6 Å². The number of nitrogens with two attached hydrogens (primary N) is 3. The Labute approximate surface area is 809 Å². The number of aryl methyl sites for hydroxylation is 3. The Kier molecular flexibility index (Phi) is 38.9. The van der Waals surface area contributed by atoms with Gasteiger partial charge in [0.2, 0.25) is 0 Å². The number of amides is 4. The van der Waals surface area contributed by atoms with Crippen LogP contribution < -0.4 is 43.8 Å². The van der Waals surface area contributed by atoms with Crippen LogP contribution in [-0.2, 0) is 46.2 Å². The zero-order chi connectivity index (χ0) is 98.5. The van der Waals surface area contributed by atoms with Gasteiger partial charge in [0.25, 0.3) is 17.7 Å². The standard InChI is InChI=1S/C34H37FN4O4.C29H25FN4O2.C29H29FN4O2.C10H18O5.C4H13N3.ClH/c1-22-17-30(39(38-22)27-12-8-9-24(18-27)20-36-33(41)43-34(2,3)4)32(40)37-29-19-26(15-16-28(29)35)31(42-21-23-13-14-23)25-10-6-5-7-11-25;1-19-15-27(34(33-19)24-10-6-9-23(17-24)31-2)29(35)32-26-16-22(13-14-25(26)30)28(36-18-20-11-12-20)21-7-4-3-5-8-21;1-19-14-27(34(33-19)24-9-5-6-21(15-24)17-31)29(35)32-26-16-23(12-13-25(26)30)28(36-18-20-10-11-20)22-7-3-2-4-8-22;1-9(2,3)14-7(11)13-8(12)15-10(4,5)6;5-1-3-7-4-2-6;/h5-12,15-19,23,31H,13-14,20-21H2,1-4H3,(H,36,41)(H,37,40);3-10,13-17,20,28H,11-12,18H2,1H3,(H,32,35);2-9,12-16,20,28H,10-11,17-18,31H2,1H3,(H,32,35);1-6H3;7H,1-6H2;1H. The van der Waals surface area contributed by atoms with E-state index in [9.17, 15) is 37.5 Å². The van der Waals surface area contributed by atoms with Gasteiger partial charge in [0, 0.05) is 39.3 Å². The summed E-state index contributed by atoms with van der Waals surface area (Å²) >= 11 is 0. The fraction of sp³-hybridized carbons (Fsp3) is 0.340. The summed E-state index contributed by atoms with van der Waals surface area (Å²) in [6, 6.07) is 70.1. The molecule has 0 aliphatic heterocycles. The predicted octanol–water partition coefficient (Wildman–Crippen LogP) is 21.1. The minimum absolute atomic E-state index is 0. The van der Waals surface area contributed by atoms with Crippen LogP contribution in [0.3, 0.4) is 0 Å². The van der Waals surface area contributed by atoms with Crippen LogP contribution in [-0.4, -0.2) is 128 Å². The highest BCUT2D eigenvalue weighted by Crippen LogP contribution is 2.39. The van der Waals surface area contributed by atoms with Crippen LogP contribution in [0.25, 0.3) is 21.9 Å². The molecule has 3 aliphatic rings. The zero-order valence-corrected chi connectivity index (χ0v) is 80.6. The van der Waals surface area contributed by atoms with Crippen molar-refractivity contribution >= 4 is 71.3 Å². The van der Waals surface area contributed by atoms with Crippen LogP contribution in [0.5, 0.6) is 0 Å². The summed E-state index contributed by atoms with van der Waals surface area (Å²) in [6.07, 6.45) is 3.24. The Hall–Kier alpha value is -13.7. The Balaban J connectivity index is 0.000000192. The topological polar surface area (TPSA) is 363 Å². The first kappa shape index (κ1) is 106. The summed E-state index contributed by atoms with van der Waals surface area (Å²) < 4.78 is 87.2. The molecule has 0 spiro atoms. The van der Waals surface area contributed by atoms with Gasteiger partial charge in [-0.15, -0.1) is 12.4 Å². The molecular formula is C106H123ClF3N15O13. The minimum atomic E-state index is -1.06. The average molecular weight is 1910 g/mol. The lowest BCUT2D eigenvalue weighted by Gasteiger charge is -2.20. The van der Waals surface area contributed by atoms with Crippen molar-refractivity contribution in [3.8, 4) is 17.1 Å². The second-order valence-electron chi connectivity index (χ2n) is 36.4. The lowest BCUT2D eigenvalue weighted by molar-refractivity contribution is -0.0295. The number of nitrogens with zero attached hydrogens (tertiary/aromatic N) is 7. The molecule has 3 aliphatic carbocycles. The van der Waals surface area contributed by atoms with E-state index >= 15 is 4.39 Å². The molecule has 3 aromatic heterocycles. The SMILES string of the molecule is CC(C)(C)OC(=O)OC(=O)OC(C)(C)C.Cc1cc(C(=O)Nc2cc(C(OCC3CC3)c3ccccc3)ccc2F)n(-c2cccc(CN)c2)n1.Cc1cc(C(=O)Nc2cc(C(OCC3CC3)c3ccccc3)ccc2F)n(-c2cccc(CNC(=O)OC(C)(C)C)c2)n1.Cl.NCCNCCN.[C-]#[N+]c1cccc(-n2nc(C)cc2C(=O)Nc2cc(C(OCC3CC3)c3ccccc3)ccc2F)c1. The van der Waals surface area contributed by atoms with Crippen molar-refractivity contribution in [1.29, 1.82) is 0 Å². The number of carbonyl (C=O) groups is 6.